The number of hydrogen-bond donors (Lipinski definition) is 4. The molecule has 6 aliphatic rings. The minimum Gasteiger partial charge on any atom is -0.480 e. The fourth-order valence-electron chi connectivity index (χ4n) is 6.89. The van der Waals surface area contributed by atoms with E-state index in [4.69, 9.17) is 20.8 Å². The number of carboxylic acid groups (broad SMARTS) is 1. The average molecular weight is 484 g/mol. The van der Waals surface area contributed by atoms with Gasteiger partial charge in [-0.25, -0.2) is 0 Å². The highest BCUT2D eigenvalue weighted by Gasteiger charge is 2.67. The van der Waals surface area contributed by atoms with E-state index < -0.39 is 27.6 Å². The minimum atomic E-state index is -3.83. The zero-order valence-electron chi connectivity index (χ0n) is 19.7. The maximum atomic E-state index is 12.7. The predicted octanol–water partition coefficient (Wildman–Crippen LogP) is 0.143. The molecule has 0 aromatic carbocycles. The minimum absolute atomic E-state index is 0.0742. The van der Waals surface area contributed by atoms with Crippen LogP contribution in [0.3, 0.4) is 0 Å². The zero-order chi connectivity index (χ0) is 24.0. The first-order valence-corrected chi connectivity index (χ1v) is 13.6. The Bertz CT molecular complexity index is 936. The van der Waals surface area contributed by atoms with E-state index in [-0.39, 0.29) is 49.4 Å². The number of carboxylic acids is 1. The van der Waals surface area contributed by atoms with Crippen molar-refractivity contribution >= 4 is 23.3 Å². The van der Waals surface area contributed by atoms with E-state index in [9.17, 15) is 18.3 Å². The smallest absolute Gasteiger partial charge is 0.457 e. The van der Waals surface area contributed by atoms with Gasteiger partial charge in [-0.2, -0.15) is 17.4 Å². The topological polar surface area (TPSA) is 157 Å². The molecule has 2 unspecified atom stereocenters. The summed E-state index contributed by atoms with van der Waals surface area (Å²) in [7, 11) is -4.15. The van der Waals surface area contributed by atoms with Crippen LogP contribution >= 0.6 is 0 Å². The maximum absolute atomic E-state index is 12.7. The van der Waals surface area contributed by atoms with Crippen LogP contribution in [0.25, 0.3) is 0 Å². The first kappa shape index (κ1) is 24.0. The molecule has 0 spiro atoms. The highest BCUT2D eigenvalue weighted by Crippen LogP contribution is 2.65. The van der Waals surface area contributed by atoms with Crippen LogP contribution in [0, 0.1) is 23.2 Å². The SMILES string of the molecule is CC1(C)[C@H]2C[C@@H]3OB(CCC[C@H]4CN(S(=O)(=O)NC5CC5N)C[C@@]4(N)C(=O)O)O[C@]3(C)[C@@H]1C2. The molecular weight excluding hydrogens is 447 g/mol. The van der Waals surface area contributed by atoms with Crippen LogP contribution in [0.2, 0.25) is 6.32 Å². The molecule has 6 N–H and O–H groups in total. The molecule has 6 rings (SSSR count). The summed E-state index contributed by atoms with van der Waals surface area (Å²) >= 11 is 0. The molecule has 10 nitrogen and oxygen atoms in total. The lowest BCUT2D eigenvalue weighted by Crippen LogP contribution is -2.65. The number of nitrogens with zero attached hydrogens (tertiary/aromatic N) is 1. The summed E-state index contributed by atoms with van der Waals surface area (Å²) in [6.07, 6.45) is 4.68. The van der Waals surface area contributed by atoms with E-state index in [0.717, 1.165) is 10.7 Å². The zero-order valence-corrected chi connectivity index (χ0v) is 20.5. The van der Waals surface area contributed by atoms with Gasteiger partial charge in [-0.3, -0.25) is 4.79 Å². The van der Waals surface area contributed by atoms with E-state index >= 15 is 0 Å². The van der Waals surface area contributed by atoms with Crippen LogP contribution in [0.4, 0.5) is 0 Å². The number of aliphatic carboxylic acids is 1. The lowest BCUT2D eigenvalue weighted by Gasteiger charge is -2.64. The van der Waals surface area contributed by atoms with Crippen LogP contribution in [0.1, 0.15) is 52.9 Å². The first-order chi connectivity index (χ1) is 15.3. The molecule has 2 bridgehead atoms. The first-order valence-electron chi connectivity index (χ1n) is 12.2. The fourth-order valence-corrected chi connectivity index (χ4v) is 8.45. The Hall–Kier alpha value is -0.755. The molecule has 2 heterocycles. The van der Waals surface area contributed by atoms with Crippen molar-refractivity contribution in [2.24, 2.45) is 34.6 Å². The Kier molecular flexibility index (Phi) is 5.53. The molecule has 0 aromatic rings. The third kappa shape index (κ3) is 3.77. The van der Waals surface area contributed by atoms with Crippen molar-refractivity contribution in [1.82, 2.24) is 9.03 Å². The Labute approximate surface area is 196 Å². The van der Waals surface area contributed by atoms with E-state index in [2.05, 4.69) is 25.5 Å². The molecule has 4 saturated carbocycles. The summed E-state index contributed by atoms with van der Waals surface area (Å²) in [4.78, 5) is 12.0. The van der Waals surface area contributed by atoms with Gasteiger partial charge in [0.2, 0.25) is 0 Å². The van der Waals surface area contributed by atoms with Gasteiger partial charge in [-0.05, 0) is 56.2 Å². The molecule has 33 heavy (non-hydrogen) atoms. The van der Waals surface area contributed by atoms with E-state index in [1.54, 1.807) is 0 Å². The number of nitrogens with one attached hydrogen (secondary N) is 1. The Morgan fingerprint density at radius 3 is 2.58 bits per heavy atom. The Morgan fingerprint density at radius 1 is 1.27 bits per heavy atom. The molecule has 186 valence electrons. The van der Waals surface area contributed by atoms with Gasteiger partial charge in [-0.15, -0.1) is 0 Å². The van der Waals surface area contributed by atoms with E-state index in [1.807, 2.05) is 0 Å². The normalized spacial score (nSPS) is 46.2. The Morgan fingerprint density at radius 2 is 1.97 bits per heavy atom. The Balaban J connectivity index is 1.18. The number of rotatable bonds is 8. The van der Waals surface area contributed by atoms with Crippen molar-refractivity contribution in [3.8, 4) is 0 Å². The van der Waals surface area contributed by atoms with Crippen molar-refractivity contribution in [3.05, 3.63) is 0 Å². The predicted molar refractivity (Wildman–Crippen MR) is 122 cm³/mol. The highest BCUT2D eigenvalue weighted by molar-refractivity contribution is 7.87. The number of hydrogen-bond acceptors (Lipinski definition) is 7. The monoisotopic (exact) mass is 484 g/mol. The standard InChI is InChI=1S/C21H37BN4O6S/c1-19(2)13-7-16(19)20(3)17(8-13)31-22(32-20)6-4-5-12-10-26(11-21(12,24)18(27)28)33(29,30)25-15-9-14(15)23/h12-17,25H,4-11,23-24H2,1-3H3,(H,27,28)/t12-,13+,14?,15?,16+,17-,20+,21-/m0/s1. The van der Waals surface area contributed by atoms with Gasteiger partial charge >= 0.3 is 13.1 Å². The molecule has 4 aliphatic carbocycles. The lowest BCUT2D eigenvalue weighted by atomic mass is 9.43. The summed E-state index contributed by atoms with van der Waals surface area (Å²) in [5, 5.41) is 9.79. The molecule has 12 heteroatoms. The van der Waals surface area contributed by atoms with Gasteiger partial charge in [0.05, 0.1) is 11.7 Å². The third-order valence-electron chi connectivity index (χ3n) is 9.46. The molecule has 0 aromatic heterocycles. The summed E-state index contributed by atoms with van der Waals surface area (Å²) in [5.41, 5.74) is 10.4. The average Bonchev–Trinajstić information content (AvgIpc) is 3.11. The van der Waals surface area contributed by atoms with Crippen LogP contribution in [-0.2, 0) is 24.3 Å². The van der Waals surface area contributed by atoms with Gasteiger partial charge in [0, 0.05) is 31.1 Å². The summed E-state index contributed by atoms with van der Waals surface area (Å²) in [6, 6.07) is -0.475. The van der Waals surface area contributed by atoms with Gasteiger partial charge < -0.3 is 25.9 Å². The molecule has 6 fully saturated rings. The van der Waals surface area contributed by atoms with Crippen LogP contribution in [0.15, 0.2) is 0 Å². The van der Waals surface area contributed by atoms with E-state index in [0.29, 0.717) is 37.4 Å². The molecule has 2 saturated heterocycles. The molecule has 0 amide bonds. The van der Waals surface area contributed by atoms with Gasteiger partial charge in [0.15, 0.2) is 0 Å². The summed E-state index contributed by atoms with van der Waals surface area (Å²) < 4.78 is 41.8. The van der Waals surface area contributed by atoms with Crippen molar-refractivity contribution in [3.63, 3.8) is 0 Å². The van der Waals surface area contributed by atoms with Crippen molar-refractivity contribution < 1.29 is 27.6 Å². The van der Waals surface area contributed by atoms with Crippen molar-refractivity contribution in [1.29, 1.82) is 0 Å². The second kappa shape index (κ2) is 7.62. The molecule has 2 aliphatic heterocycles. The van der Waals surface area contributed by atoms with Crippen molar-refractivity contribution in [2.75, 3.05) is 13.1 Å². The molecule has 8 atom stereocenters. The molecular formula is C21H37BN4O6S. The number of nitrogens with two attached hydrogens (primary N) is 2. The van der Waals surface area contributed by atoms with Crippen LogP contribution in [-0.4, -0.2) is 73.3 Å². The fraction of sp³-hybridized carbons (Fsp3) is 0.952. The molecule has 0 radical (unpaired) electrons. The second-order valence-corrected chi connectivity index (χ2v) is 13.5. The summed E-state index contributed by atoms with van der Waals surface area (Å²) in [5.74, 6) is -0.502. The van der Waals surface area contributed by atoms with Crippen LogP contribution < -0.4 is 16.2 Å². The quantitative estimate of drug-likeness (QED) is 0.355. The van der Waals surface area contributed by atoms with Gasteiger partial charge in [0.1, 0.15) is 5.54 Å². The maximum Gasteiger partial charge on any atom is 0.457 e. The van der Waals surface area contributed by atoms with E-state index in [1.165, 1.54) is 6.42 Å². The lowest BCUT2D eigenvalue weighted by molar-refractivity contribution is -0.199. The van der Waals surface area contributed by atoms with Crippen LogP contribution in [0.5, 0.6) is 0 Å². The second-order valence-electron chi connectivity index (χ2n) is 11.8. The summed E-state index contributed by atoms with van der Waals surface area (Å²) in [6.45, 7) is 6.64. The van der Waals surface area contributed by atoms with Gasteiger partial charge in [0.25, 0.3) is 10.2 Å². The third-order valence-corrected chi connectivity index (χ3v) is 11.0. The van der Waals surface area contributed by atoms with Crippen molar-refractivity contribution in [2.45, 2.75) is 88.5 Å². The number of carbonyl (C=O) groups is 1. The largest absolute Gasteiger partial charge is 0.480 e. The highest BCUT2D eigenvalue weighted by atomic mass is 32.2. The van der Waals surface area contributed by atoms with Gasteiger partial charge in [-0.1, -0.05) is 20.3 Å².